The van der Waals surface area contributed by atoms with Gasteiger partial charge in [-0.1, -0.05) is 30.3 Å². The van der Waals surface area contributed by atoms with Crippen molar-refractivity contribution in [2.75, 3.05) is 17.7 Å². The summed E-state index contributed by atoms with van der Waals surface area (Å²) in [4.78, 5) is 13.8. The van der Waals surface area contributed by atoms with Crippen LogP contribution in [0.4, 0.5) is 11.9 Å². The van der Waals surface area contributed by atoms with Crippen LogP contribution in [-0.2, 0) is 6.54 Å². The number of pyridine rings is 1. The lowest BCUT2D eigenvalue weighted by Crippen LogP contribution is -2.38. The van der Waals surface area contributed by atoms with E-state index in [1.807, 2.05) is 31.4 Å². The van der Waals surface area contributed by atoms with Gasteiger partial charge in [-0.05, 0) is 59.9 Å². The quantitative estimate of drug-likeness (QED) is 0.357. The smallest absolute Gasteiger partial charge is 0.229 e. The molecule has 0 aliphatic heterocycles. The van der Waals surface area contributed by atoms with Crippen molar-refractivity contribution in [1.29, 1.82) is 0 Å². The summed E-state index contributed by atoms with van der Waals surface area (Å²) in [6.45, 7) is 0.619. The van der Waals surface area contributed by atoms with Gasteiger partial charge in [0, 0.05) is 30.4 Å². The van der Waals surface area contributed by atoms with E-state index in [0.29, 0.717) is 30.5 Å². The van der Waals surface area contributed by atoms with Crippen LogP contribution in [0.25, 0.3) is 16.9 Å². The molecule has 3 aromatic heterocycles. The van der Waals surface area contributed by atoms with Gasteiger partial charge in [0.05, 0.1) is 16.4 Å². The maximum Gasteiger partial charge on any atom is 0.229 e. The number of likely N-dealkylation sites (N-methyl/N-ethyl adjacent to an activating group) is 1. The molecule has 32 heavy (non-hydrogen) atoms. The van der Waals surface area contributed by atoms with E-state index in [1.165, 1.54) is 6.42 Å². The lowest BCUT2D eigenvalue weighted by Gasteiger charge is -2.20. The Morgan fingerprint density at radius 1 is 1.06 bits per heavy atom. The highest BCUT2D eigenvalue weighted by Crippen LogP contribution is 2.25. The van der Waals surface area contributed by atoms with E-state index in [1.54, 1.807) is 10.7 Å². The van der Waals surface area contributed by atoms with Crippen LogP contribution in [-0.4, -0.2) is 43.7 Å². The van der Waals surface area contributed by atoms with Gasteiger partial charge in [-0.3, -0.25) is 4.98 Å². The van der Waals surface area contributed by atoms with Crippen molar-refractivity contribution in [3.05, 3.63) is 64.9 Å². The fourth-order valence-electron chi connectivity index (χ4n) is 4.18. The van der Waals surface area contributed by atoms with Crippen LogP contribution in [0.1, 0.15) is 24.8 Å². The number of fused-ring (bicyclic) bond motifs is 1. The van der Waals surface area contributed by atoms with Gasteiger partial charge in [0.2, 0.25) is 11.9 Å². The standard InChI is InChI=1S/C23H25BrN8/c1-25-19-6-4-7-20(19)29-22-30-21-17(24)14-28-32(21)23(31-22)27-13-15-8-10-16(11-9-15)18-5-2-3-12-26-18/h2-3,5,8-12,14,19-20,25H,4,6-7,13H2,1H3,(H2,27,29,30,31)/t19-,20-/m0/s1. The van der Waals surface area contributed by atoms with Crippen molar-refractivity contribution in [2.45, 2.75) is 37.9 Å². The zero-order valence-corrected chi connectivity index (χ0v) is 19.4. The fourth-order valence-corrected chi connectivity index (χ4v) is 4.53. The monoisotopic (exact) mass is 492 g/mol. The molecule has 0 amide bonds. The molecule has 3 heterocycles. The molecule has 0 spiro atoms. The minimum Gasteiger partial charge on any atom is -0.350 e. The third-order valence-corrected chi connectivity index (χ3v) is 6.45. The van der Waals surface area contributed by atoms with Crippen molar-refractivity contribution in [3.8, 4) is 11.3 Å². The highest BCUT2D eigenvalue weighted by atomic mass is 79.9. The molecule has 0 radical (unpaired) electrons. The van der Waals surface area contributed by atoms with Crippen LogP contribution in [0.2, 0.25) is 0 Å². The summed E-state index contributed by atoms with van der Waals surface area (Å²) in [5, 5.41) is 14.8. The number of anilines is 2. The first-order valence-corrected chi connectivity index (χ1v) is 11.6. The molecule has 8 nitrogen and oxygen atoms in total. The Hall–Kier alpha value is -3.04. The minimum atomic E-state index is 0.316. The van der Waals surface area contributed by atoms with E-state index in [9.17, 15) is 0 Å². The Morgan fingerprint density at radius 3 is 2.69 bits per heavy atom. The molecule has 4 aromatic rings. The number of benzene rings is 1. The average molecular weight is 493 g/mol. The fraction of sp³-hybridized carbons (Fsp3) is 0.304. The lowest BCUT2D eigenvalue weighted by atomic mass is 10.1. The maximum atomic E-state index is 4.74. The van der Waals surface area contributed by atoms with E-state index in [-0.39, 0.29) is 0 Å². The summed E-state index contributed by atoms with van der Waals surface area (Å²) < 4.78 is 2.56. The van der Waals surface area contributed by atoms with Gasteiger partial charge >= 0.3 is 0 Å². The highest BCUT2D eigenvalue weighted by Gasteiger charge is 2.26. The Balaban J connectivity index is 1.35. The number of hydrogen-bond donors (Lipinski definition) is 3. The molecular formula is C23H25BrN8. The predicted molar refractivity (Wildman–Crippen MR) is 130 cm³/mol. The molecule has 1 aliphatic rings. The summed E-state index contributed by atoms with van der Waals surface area (Å²) in [7, 11) is 2.01. The topological polar surface area (TPSA) is 92.1 Å². The van der Waals surface area contributed by atoms with Crippen LogP contribution >= 0.6 is 15.9 Å². The van der Waals surface area contributed by atoms with Gasteiger partial charge in [0.25, 0.3) is 0 Å². The number of hydrogen-bond acceptors (Lipinski definition) is 7. The van der Waals surface area contributed by atoms with Gasteiger partial charge in [0.15, 0.2) is 5.65 Å². The first kappa shape index (κ1) is 20.8. The first-order valence-electron chi connectivity index (χ1n) is 10.8. The molecule has 3 N–H and O–H groups in total. The molecule has 1 aliphatic carbocycles. The molecule has 5 rings (SSSR count). The Morgan fingerprint density at radius 2 is 1.91 bits per heavy atom. The average Bonchev–Trinajstić information content (AvgIpc) is 3.45. The lowest BCUT2D eigenvalue weighted by molar-refractivity contribution is 0.538. The Bertz CT molecular complexity index is 1190. The van der Waals surface area contributed by atoms with Crippen molar-refractivity contribution in [3.63, 3.8) is 0 Å². The van der Waals surface area contributed by atoms with E-state index >= 15 is 0 Å². The summed E-state index contributed by atoms with van der Waals surface area (Å²) in [5.74, 6) is 1.26. The molecule has 0 unspecified atom stereocenters. The van der Waals surface area contributed by atoms with Crippen LogP contribution in [0, 0.1) is 0 Å². The van der Waals surface area contributed by atoms with Gasteiger partial charge in [-0.15, -0.1) is 0 Å². The van der Waals surface area contributed by atoms with E-state index in [4.69, 9.17) is 4.98 Å². The first-order chi connectivity index (χ1) is 15.7. The Kier molecular flexibility index (Phi) is 6.00. The van der Waals surface area contributed by atoms with E-state index < -0.39 is 0 Å². The second kappa shape index (κ2) is 9.22. The second-order valence-electron chi connectivity index (χ2n) is 7.94. The normalized spacial score (nSPS) is 18.2. The summed E-state index contributed by atoms with van der Waals surface area (Å²) in [6.07, 6.45) is 7.01. The molecule has 0 bridgehead atoms. The van der Waals surface area contributed by atoms with Crippen molar-refractivity contribution >= 4 is 33.5 Å². The minimum absolute atomic E-state index is 0.316. The number of aromatic nitrogens is 5. The number of rotatable bonds is 7. The van der Waals surface area contributed by atoms with Gasteiger partial charge in [0.1, 0.15) is 0 Å². The number of nitrogens with zero attached hydrogens (tertiary/aromatic N) is 5. The van der Waals surface area contributed by atoms with Crippen LogP contribution in [0.3, 0.4) is 0 Å². The second-order valence-corrected chi connectivity index (χ2v) is 8.80. The van der Waals surface area contributed by atoms with Crippen LogP contribution in [0.5, 0.6) is 0 Å². The Labute approximate surface area is 195 Å². The summed E-state index contributed by atoms with van der Waals surface area (Å²) in [5.41, 5.74) is 3.93. The summed E-state index contributed by atoms with van der Waals surface area (Å²) >= 11 is 3.55. The molecule has 0 saturated heterocycles. The molecule has 1 fully saturated rings. The maximum absolute atomic E-state index is 4.74. The van der Waals surface area contributed by atoms with Gasteiger partial charge in [-0.25, -0.2) is 0 Å². The third-order valence-electron chi connectivity index (χ3n) is 5.89. The molecular weight excluding hydrogens is 468 g/mol. The van der Waals surface area contributed by atoms with Crippen LogP contribution in [0.15, 0.2) is 59.3 Å². The van der Waals surface area contributed by atoms with Crippen molar-refractivity contribution < 1.29 is 0 Å². The van der Waals surface area contributed by atoms with Crippen LogP contribution < -0.4 is 16.0 Å². The zero-order chi connectivity index (χ0) is 21.9. The number of nitrogens with one attached hydrogen (secondary N) is 3. The highest BCUT2D eigenvalue weighted by molar-refractivity contribution is 9.10. The summed E-state index contributed by atoms with van der Waals surface area (Å²) in [6, 6.07) is 15.1. The third kappa shape index (κ3) is 4.31. The molecule has 1 aromatic carbocycles. The van der Waals surface area contributed by atoms with Crippen molar-refractivity contribution in [1.82, 2.24) is 29.9 Å². The SMILES string of the molecule is CN[C@H]1CCC[C@@H]1Nc1nc(NCc2ccc(-c3ccccn3)cc2)n2ncc(Br)c2n1. The molecule has 2 atom stereocenters. The van der Waals surface area contributed by atoms with E-state index in [2.05, 4.69) is 71.2 Å². The molecule has 164 valence electrons. The largest absolute Gasteiger partial charge is 0.350 e. The van der Waals surface area contributed by atoms with E-state index in [0.717, 1.165) is 39.8 Å². The zero-order valence-electron chi connectivity index (χ0n) is 17.8. The predicted octanol–water partition coefficient (Wildman–Crippen LogP) is 4.11. The van der Waals surface area contributed by atoms with Gasteiger partial charge in [-0.2, -0.15) is 19.6 Å². The number of halogens is 1. The molecule has 9 heteroatoms. The van der Waals surface area contributed by atoms with Crippen molar-refractivity contribution in [2.24, 2.45) is 0 Å². The van der Waals surface area contributed by atoms with Gasteiger partial charge < -0.3 is 16.0 Å². The molecule has 1 saturated carbocycles.